The monoisotopic (exact) mass is 440 g/mol. The lowest BCUT2D eigenvalue weighted by Gasteiger charge is -2.24. The number of rotatable bonds is 11. The van der Waals surface area contributed by atoms with Crippen molar-refractivity contribution < 1.29 is 9.53 Å². The van der Waals surface area contributed by atoms with Gasteiger partial charge in [-0.15, -0.1) is 0 Å². The second-order valence-corrected chi connectivity index (χ2v) is 8.31. The zero-order valence-electron chi connectivity index (χ0n) is 19.2. The molecule has 7 N–H and O–H groups in total. The van der Waals surface area contributed by atoms with E-state index in [2.05, 4.69) is 29.4 Å². The van der Waals surface area contributed by atoms with Crippen molar-refractivity contribution in [3.8, 4) is 0 Å². The molecule has 2 rings (SSSR count). The van der Waals surface area contributed by atoms with Gasteiger partial charge in [-0.25, -0.2) is 11.1 Å². The summed E-state index contributed by atoms with van der Waals surface area (Å²) in [5.41, 5.74) is 23.5. The number of nitrogens with two attached hydrogens (primary N) is 2. The Morgan fingerprint density at radius 2 is 1.59 bits per heavy atom. The first-order valence-corrected chi connectivity index (χ1v) is 10.6. The predicted octanol–water partition coefficient (Wildman–Crippen LogP) is 3.26. The van der Waals surface area contributed by atoms with Crippen molar-refractivity contribution in [1.82, 2.24) is 5.32 Å². The molecule has 0 radical (unpaired) electrons. The van der Waals surface area contributed by atoms with Crippen molar-refractivity contribution >= 4 is 11.7 Å². The first-order valence-electron chi connectivity index (χ1n) is 10.6. The van der Waals surface area contributed by atoms with Crippen molar-refractivity contribution in [3.05, 3.63) is 71.8 Å². The number of aliphatic imine (C=N–C) groups is 1. The van der Waals surface area contributed by atoms with Crippen LogP contribution in [0.4, 0.5) is 0 Å². The molecule has 2 aromatic carbocycles. The number of amidine groups is 1. The predicted molar refractivity (Wildman–Crippen MR) is 128 cm³/mol. The van der Waals surface area contributed by atoms with Gasteiger partial charge in [0.1, 0.15) is 11.9 Å². The summed E-state index contributed by atoms with van der Waals surface area (Å²) in [5.74, 6) is 0.366. The first-order chi connectivity index (χ1) is 15.3. The number of amides is 1. The third kappa shape index (κ3) is 10.3. The van der Waals surface area contributed by atoms with E-state index in [0.717, 1.165) is 12.0 Å². The molecule has 2 atom stereocenters. The van der Waals surface area contributed by atoms with Crippen LogP contribution in [0.15, 0.2) is 65.7 Å². The van der Waals surface area contributed by atoms with Crippen LogP contribution in [0.5, 0.6) is 0 Å². The molecule has 1 unspecified atom stereocenters. The maximum Gasteiger partial charge on any atom is 0.240 e. The van der Waals surface area contributed by atoms with Crippen LogP contribution in [0.1, 0.15) is 31.9 Å². The molecule has 0 aliphatic rings. The van der Waals surface area contributed by atoms with Gasteiger partial charge in [-0.2, -0.15) is 0 Å². The third-order valence-electron chi connectivity index (χ3n) is 4.66. The van der Waals surface area contributed by atoms with Crippen LogP contribution in [-0.2, 0) is 22.6 Å². The third-order valence-corrected chi connectivity index (χ3v) is 4.66. The Morgan fingerprint density at radius 3 is 2.12 bits per heavy atom. The summed E-state index contributed by atoms with van der Waals surface area (Å²) in [6.07, 6.45) is 0.912. The van der Waals surface area contributed by atoms with Gasteiger partial charge in [0.15, 0.2) is 0 Å². The SMILES string of the molecule is CC(CN=C(N)[C@@H](COCc1ccccc1)NC(=O)C(C)(C)N)Cc1ccccc1.N=N. The lowest BCUT2D eigenvalue weighted by atomic mass is 10.0. The van der Waals surface area contributed by atoms with Gasteiger partial charge in [0.05, 0.1) is 18.8 Å². The van der Waals surface area contributed by atoms with Crippen molar-refractivity contribution in [2.45, 2.75) is 45.4 Å². The van der Waals surface area contributed by atoms with E-state index >= 15 is 0 Å². The quantitative estimate of drug-likeness (QED) is 0.207. The number of benzene rings is 2. The minimum absolute atomic E-state index is 0.221. The fourth-order valence-corrected chi connectivity index (χ4v) is 2.87. The summed E-state index contributed by atoms with van der Waals surface area (Å²) in [7, 11) is 0. The summed E-state index contributed by atoms with van der Waals surface area (Å²) in [4.78, 5) is 16.9. The van der Waals surface area contributed by atoms with Crippen molar-refractivity contribution in [2.24, 2.45) is 22.4 Å². The van der Waals surface area contributed by atoms with E-state index in [9.17, 15) is 4.79 Å². The van der Waals surface area contributed by atoms with Gasteiger partial charge in [0.25, 0.3) is 0 Å². The summed E-state index contributed by atoms with van der Waals surface area (Å²) in [6.45, 7) is 6.65. The van der Waals surface area contributed by atoms with E-state index in [1.807, 2.05) is 48.5 Å². The summed E-state index contributed by atoms with van der Waals surface area (Å²) >= 11 is 0. The smallest absolute Gasteiger partial charge is 0.240 e. The van der Waals surface area contributed by atoms with E-state index in [-0.39, 0.29) is 12.5 Å². The number of carbonyl (C=O) groups is 1. The number of hydrogen-bond acceptors (Lipinski definition) is 6. The highest BCUT2D eigenvalue weighted by Crippen LogP contribution is 2.09. The van der Waals surface area contributed by atoms with Crippen molar-refractivity contribution in [1.29, 1.82) is 11.1 Å². The highest BCUT2D eigenvalue weighted by atomic mass is 16.5. The molecule has 174 valence electrons. The Labute approximate surface area is 190 Å². The number of ether oxygens (including phenoxy) is 1. The lowest BCUT2D eigenvalue weighted by molar-refractivity contribution is -0.125. The molecule has 0 heterocycles. The second kappa shape index (κ2) is 14.1. The Kier molecular flexibility index (Phi) is 11.8. The van der Waals surface area contributed by atoms with Crippen LogP contribution in [0.25, 0.3) is 0 Å². The average molecular weight is 441 g/mol. The molecule has 32 heavy (non-hydrogen) atoms. The van der Waals surface area contributed by atoms with Gasteiger partial charge in [-0.05, 0) is 37.3 Å². The maximum absolute atomic E-state index is 12.4. The summed E-state index contributed by atoms with van der Waals surface area (Å²) < 4.78 is 5.80. The second-order valence-electron chi connectivity index (χ2n) is 8.31. The van der Waals surface area contributed by atoms with Crippen molar-refractivity contribution in [3.63, 3.8) is 0 Å². The van der Waals surface area contributed by atoms with Gasteiger partial charge in [0.2, 0.25) is 5.91 Å². The van der Waals surface area contributed by atoms with E-state index in [1.165, 1.54) is 5.56 Å². The van der Waals surface area contributed by atoms with Gasteiger partial charge in [-0.3, -0.25) is 9.79 Å². The fourth-order valence-electron chi connectivity index (χ4n) is 2.87. The molecular formula is C24H36N6O2. The van der Waals surface area contributed by atoms with E-state index in [0.29, 0.717) is 24.9 Å². The zero-order chi connectivity index (χ0) is 24.0. The summed E-state index contributed by atoms with van der Waals surface area (Å²) in [6, 6.07) is 19.6. The number of carbonyl (C=O) groups excluding carboxylic acids is 1. The number of hydrogen-bond donors (Lipinski definition) is 5. The van der Waals surface area contributed by atoms with Crippen LogP contribution in [-0.4, -0.2) is 36.5 Å². The van der Waals surface area contributed by atoms with E-state index in [1.54, 1.807) is 13.8 Å². The minimum Gasteiger partial charge on any atom is -0.386 e. The Balaban J connectivity index is 0.00000249. The lowest BCUT2D eigenvalue weighted by Crippen LogP contribution is -2.56. The van der Waals surface area contributed by atoms with Crippen molar-refractivity contribution in [2.75, 3.05) is 13.2 Å². The molecule has 0 saturated carbocycles. The van der Waals surface area contributed by atoms with Gasteiger partial charge in [0, 0.05) is 6.54 Å². The Morgan fingerprint density at radius 1 is 1.06 bits per heavy atom. The highest BCUT2D eigenvalue weighted by molar-refractivity contribution is 5.93. The van der Waals surface area contributed by atoms with Crippen LogP contribution in [0, 0.1) is 17.0 Å². The zero-order valence-corrected chi connectivity index (χ0v) is 19.2. The molecule has 0 aliphatic carbocycles. The highest BCUT2D eigenvalue weighted by Gasteiger charge is 2.26. The fraction of sp³-hybridized carbons (Fsp3) is 0.417. The normalized spacial score (nSPS) is 13.4. The topological polar surface area (TPSA) is 150 Å². The van der Waals surface area contributed by atoms with Gasteiger partial charge in [-0.1, -0.05) is 67.6 Å². The Hall–Kier alpha value is -3.10. The molecular weight excluding hydrogens is 404 g/mol. The minimum atomic E-state index is -1.02. The Bertz CT molecular complexity index is 821. The first kappa shape index (κ1) is 26.9. The number of nitrogens with zero attached hydrogens (tertiary/aromatic N) is 1. The molecule has 0 aliphatic heterocycles. The molecule has 1 amide bonds. The number of nitrogens with one attached hydrogen (secondary N) is 3. The van der Waals surface area contributed by atoms with Crippen LogP contribution in [0.2, 0.25) is 0 Å². The standard InChI is InChI=1S/C24H34N4O2.H2N2/c1-18(14-19-10-6-4-7-11-19)15-27-22(25)21(28-23(29)24(2,3)26)17-30-16-20-12-8-5-9-13-20;1-2/h4-13,18,21H,14-17,26H2,1-3H3,(H2,25,27)(H,28,29);1-2H/t18?,21-;/m1./s1. The van der Waals surface area contributed by atoms with Crippen LogP contribution < -0.4 is 16.8 Å². The van der Waals surface area contributed by atoms with Crippen LogP contribution in [0.3, 0.4) is 0 Å². The molecule has 2 aromatic rings. The summed E-state index contributed by atoms with van der Waals surface area (Å²) in [5, 5.41) is 2.87. The molecule has 0 spiro atoms. The van der Waals surface area contributed by atoms with Crippen LogP contribution >= 0.6 is 0 Å². The molecule has 0 fully saturated rings. The largest absolute Gasteiger partial charge is 0.386 e. The molecule has 0 aromatic heterocycles. The van der Waals surface area contributed by atoms with Gasteiger partial charge >= 0.3 is 0 Å². The average Bonchev–Trinajstić information content (AvgIpc) is 2.79. The van der Waals surface area contributed by atoms with E-state index < -0.39 is 11.6 Å². The maximum atomic E-state index is 12.4. The molecule has 0 bridgehead atoms. The molecule has 0 saturated heterocycles. The van der Waals surface area contributed by atoms with Gasteiger partial charge < -0.3 is 21.5 Å². The molecule has 8 nitrogen and oxygen atoms in total. The van der Waals surface area contributed by atoms with E-state index in [4.69, 9.17) is 27.3 Å². The molecule has 8 heteroatoms.